The van der Waals surface area contributed by atoms with E-state index >= 15 is 0 Å². The SMILES string of the molecule is Cc1c(CN=C=O)cc(O)c(O)c1C. The molecule has 0 heterocycles. The maximum atomic E-state index is 9.92. The Bertz CT molecular complexity index is 406. The number of isocyanates is 1. The predicted octanol–water partition coefficient (Wildman–Crippen LogP) is 1.55. The second-order valence-electron chi connectivity index (χ2n) is 3.06. The van der Waals surface area contributed by atoms with Crippen molar-refractivity contribution in [2.75, 3.05) is 0 Å². The van der Waals surface area contributed by atoms with Gasteiger partial charge < -0.3 is 10.2 Å². The fourth-order valence-electron chi connectivity index (χ4n) is 1.23. The first-order chi connectivity index (χ1) is 6.57. The number of aliphatic imine (C=N–C) groups is 1. The Morgan fingerprint density at radius 3 is 2.57 bits per heavy atom. The molecule has 1 aromatic rings. The first-order valence-electron chi connectivity index (χ1n) is 4.12. The van der Waals surface area contributed by atoms with Crippen molar-refractivity contribution in [3.63, 3.8) is 0 Å². The lowest BCUT2D eigenvalue weighted by molar-refractivity contribution is 0.400. The third kappa shape index (κ3) is 1.75. The summed E-state index contributed by atoms with van der Waals surface area (Å²) >= 11 is 0. The normalized spacial score (nSPS) is 9.57. The highest BCUT2D eigenvalue weighted by Gasteiger charge is 2.10. The molecule has 0 radical (unpaired) electrons. The van der Waals surface area contributed by atoms with Crippen LogP contribution in [0.3, 0.4) is 0 Å². The van der Waals surface area contributed by atoms with Gasteiger partial charge in [-0.25, -0.2) is 9.79 Å². The molecule has 0 aromatic heterocycles. The van der Waals surface area contributed by atoms with E-state index in [2.05, 4.69) is 4.99 Å². The number of hydrogen-bond acceptors (Lipinski definition) is 4. The first-order valence-corrected chi connectivity index (χ1v) is 4.12. The lowest BCUT2D eigenvalue weighted by Crippen LogP contribution is -1.91. The Kier molecular flexibility index (Phi) is 2.89. The highest BCUT2D eigenvalue weighted by molar-refractivity contribution is 5.52. The van der Waals surface area contributed by atoms with Gasteiger partial charge >= 0.3 is 0 Å². The van der Waals surface area contributed by atoms with Crippen molar-refractivity contribution >= 4 is 6.08 Å². The van der Waals surface area contributed by atoms with Crippen molar-refractivity contribution in [3.8, 4) is 11.5 Å². The zero-order valence-electron chi connectivity index (χ0n) is 8.03. The minimum Gasteiger partial charge on any atom is -0.504 e. The molecule has 4 heteroatoms. The molecule has 0 saturated heterocycles. The van der Waals surface area contributed by atoms with Crippen molar-refractivity contribution in [2.45, 2.75) is 20.4 Å². The number of aromatic hydroxyl groups is 2. The first kappa shape index (κ1) is 10.3. The topological polar surface area (TPSA) is 69.9 Å². The molecule has 2 N–H and O–H groups in total. The number of benzene rings is 1. The number of carbonyl (C=O) groups excluding carboxylic acids is 1. The van der Waals surface area contributed by atoms with Gasteiger partial charge in [-0.15, -0.1) is 0 Å². The number of rotatable bonds is 2. The lowest BCUT2D eigenvalue weighted by Gasteiger charge is -2.09. The maximum absolute atomic E-state index is 9.92. The van der Waals surface area contributed by atoms with Gasteiger partial charge in [0.05, 0.1) is 6.54 Å². The molecule has 0 bridgehead atoms. The van der Waals surface area contributed by atoms with Gasteiger partial charge in [-0.2, -0.15) is 0 Å². The molecular weight excluding hydrogens is 182 g/mol. The molecule has 0 aliphatic rings. The van der Waals surface area contributed by atoms with Crippen LogP contribution in [0.25, 0.3) is 0 Å². The third-order valence-corrected chi connectivity index (χ3v) is 2.27. The van der Waals surface area contributed by atoms with Crippen LogP contribution in [-0.2, 0) is 11.3 Å². The quantitative estimate of drug-likeness (QED) is 0.425. The van der Waals surface area contributed by atoms with E-state index in [1.165, 1.54) is 12.1 Å². The number of phenols is 2. The third-order valence-electron chi connectivity index (χ3n) is 2.27. The molecule has 0 atom stereocenters. The molecule has 0 unspecified atom stereocenters. The summed E-state index contributed by atoms with van der Waals surface area (Å²) in [7, 11) is 0. The summed E-state index contributed by atoms with van der Waals surface area (Å²) in [5.41, 5.74) is 2.13. The van der Waals surface area contributed by atoms with Crippen LogP contribution in [-0.4, -0.2) is 16.3 Å². The smallest absolute Gasteiger partial charge is 0.235 e. The van der Waals surface area contributed by atoms with Crippen LogP contribution in [0.5, 0.6) is 11.5 Å². The second-order valence-corrected chi connectivity index (χ2v) is 3.06. The highest BCUT2D eigenvalue weighted by Crippen LogP contribution is 2.33. The summed E-state index contributed by atoms with van der Waals surface area (Å²) in [4.78, 5) is 13.3. The van der Waals surface area contributed by atoms with Crippen LogP contribution >= 0.6 is 0 Å². The summed E-state index contributed by atoms with van der Waals surface area (Å²) in [5, 5.41) is 18.7. The number of nitrogens with zero attached hydrogens (tertiary/aromatic N) is 1. The number of phenolic OH excluding ortho intramolecular Hbond substituents is 2. The van der Waals surface area contributed by atoms with Gasteiger partial charge in [-0.05, 0) is 36.6 Å². The molecule has 0 fully saturated rings. The van der Waals surface area contributed by atoms with E-state index in [0.29, 0.717) is 11.1 Å². The predicted molar refractivity (Wildman–Crippen MR) is 51.1 cm³/mol. The molecule has 0 saturated carbocycles. The minimum atomic E-state index is -0.191. The molecule has 14 heavy (non-hydrogen) atoms. The Morgan fingerprint density at radius 2 is 2.00 bits per heavy atom. The average Bonchev–Trinajstić information content (AvgIpc) is 2.18. The van der Waals surface area contributed by atoms with Gasteiger partial charge in [0.15, 0.2) is 11.5 Å². The fraction of sp³-hybridized carbons (Fsp3) is 0.300. The van der Waals surface area contributed by atoms with Crippen LogP contribution in [0.15, 0.2) is 11.1 Å². The van der Waals surface area contributed by atoms with Gasteiger partial charge in [0.2, 0.25) is 6.08 Å². The molecule has 74 valence electrons. The van der Waals surface area contributed by atoms with Crippen molar-refractivity contribution in [2.24, 2.45) is 4.99 Å². The molecule has 1 rings (SSSR count). The highest BCUT2D eigenvalue weighted by atomic mass is 16.3. The van der Waals surface area contributed by atoms with E-state index in [9.17, 15) is 15.0 Å². The van der Waals surface area contributed by atoms with Crippen LogP contribution in [0, 0.1) is 13.8 Å². The minimum absolute atomic E-state index is 0.124. The average molecular weight is 193 g/mol. The largest absolute Gasteiger partial charge is 0.504 e. The van der Waals surface area contributed by atoms with E-state index in [1.807, 2.05) is 0 Å². The summed E-state index contributed by atoms with van der Waals surface area (Å²) in [6, 6.07) is 1.40. The summed E-state index contributed by atoms with van der Waals surface area (Å²) < 4.78 is 0. The monoisotopic (exact) mass is 193 g/mol. The van der Waals surface area contributed by atoms with Crippen molar-refractivity contribution in [1.82, 2.24) is 0 Å². The van der Waals surface area contributed by atoms with Crippen LogP contribution in [0.1, 0.15) is 16.7 Å². The van der Waals surface area contributed by atoms with E-state index < -0.39 is 0 Å². The van der Waals surface area contributed by atoms with Crippen LogP contribution in [0.2, 0.25) is 0 Å². The van der Waals surface area contributed by atoms with E-state index in [1.54, 1.807) is 13.8 Å². The van der Waals surface area contributed by atoms with Crippen molar-refractivity contribution < 1.29 is 15.0 Å². The Morgan fingerprint density at radius 1 is 1.36 bits per heavy atom. The molecular formula is C10H11NO3. The van der Waals surface area contributed by atoms with E-state index in [-0.39, 0.29) is 18.0 Å². The molecule has 0 aliphatic heterocycles. The lowest BCUT2D eigenvalue weighted by atomic mass is 10.0. The zero-order valence-corrected chi connectivity index (χ0v) is 8.03. The van der Waals surface area contributed by atoms with Gasteiger partial charge in [0.25, 0.3) is 0 Å². The molecule has 1 aromatic carbocycles. The molecule has 4 nitrogen and oxygen atoms in total. The molecule has 0 amide bonds. The van der Waals surface area contributed by atoms with E-state index in [0.717, 1.165) is 5.56 Å². The zero-order chi connectivity index (χ0) is 10.7. The van der Waals surface area contributed by atoms with Gasteiger partial charge in [-0.1, -0.05) is 0 Å². The molecule has 0 aliphatic carbocycles. The van der Waals surface area contributed by atoms with Crippen LogP contribution < -0.4 is 0 Å². The summed E-state index contributed by atoms with van der Waals surface area (Å²) in [5.74, 6) is -0.314. The molecule has 0 spiro atoms. The van der Waals surface area contributed by atoms with Crippen molar-refractivity contribution in [1.29, 1.82) is 0 Å². The Hall–Kier alpha value is -1.80. The van der Waals surface area contributed by atoms with Crippen LogP contribution in [0.4, 0.5) is 0 Å². The Balaban J connectivity index is 3.25. The summed E-state index contributed by atoms with van der Waals surface area (Å²) in [6.07, 6.45) is 1.43. The summed E-state index contributed by atoms with van der Waals surface area (Å²) in [6.45, 7) is 3.66. The number of hydrogen-bond donors (Lipinski definition) is 2. The second kappa shape index (κ2) is 3.94. The maximum Gasteiger partial charge on any atom is 0.235 e. The van der Waals surface area contributed by atoms with Gasteiger partial charge in [0, 0.05) is 0 Å². The van der Waals surface area contributed by atoms with E-state index in [4.69, 9.17) is 0 Å². The fourth-order valence-corrected chi connectivity index (χ4v) is 1.23. The van der Waals surface area contributed by atoms with Crippen molar-refractivity contribution in [3.05, 3.63) is 22.8 Å². The van der Waals surface area contributed by atoms with Gasteiger partial charge in [0.1, 0.15) is 0 Å². The van der Waals surface area contributed by atoms with Gasteiger partial charge in [-0.3, -0.25) is 0 Å². The Labute approximate surface area is 81.5 Å². The standard InChI is InChI=1S/C10H11NO3/c1-6-7(2)10(14)9(13)3-8(6)4-11-5-12/h3,13-14H,4H2,1-2H3.